The quantitative estimate of drug-likeness (QED) is 0.695. The van der Waals surface area contributed by atoms with Crippen molar-refractivity contribution < 1.29 is 4.79 Å². The molecule has 3 heterocycles. The molecule has 0 spiro atoms. The van der Waals surface area contributed by atoms with E-state index in [1.807, 2.05) is 43.3 Å². The summed E-state index contributed by atoms with van der Waals surface area (Å²) in [5.41, 5.74) is 3.55. The lowest BCUT2D eigenvalue weighted by molar-refractivity contribution is -0.120. The van der Waals surface area contributed by atoms with Crippen LogP contribution in [0.1, 0.15) is 18.4 Å². The Balaban J connectivity index is 1.34. The fraction of sp³-hybridized carbons (Fsp3) is 0.273. The summed E-state index contributed by atoms with van der Waals surface area (Å²) in [6, 6.07) is 13.4. The second-order valence-electron chi connectivity index (χ2n) is 7.23. The number of anilines is 2. The average Bonchev–Trinajstić information content (AvgIpc) is 2.77. The summed E-state index contributed by atoms with van der Waals surface area (Å²) in [5.74, 6) is 0.867. The standard InChI is InChI=1S/C22H22ClN5O/c1-15-2-3-18(14-19(15)23)25-22(29)17-8-12-28(13-9-17)21-5-4-20(26-27-21)16-6-10-24-11-7-16/h2-7,10-11,14,17H,8-9,12-13H2,1H3,(H,25,29). The molecule has 4 rings (SSSR count). The van der Waals surface area contributed by atoms with Crippen LogP contribution in [0.25, 0.3) is 11.3 Å². The van der Waals surface area contributed by atoms with Crippen LogP contribution in [0, 0.1) is 12.8 Å². The fourth-order valence-electron chi connectivity index (χ4n) is 3.46. The Hall–Kier alpha value is -2.99. The molecule has 1 aliphatic rings. The van der Waals surface area contributed by atoms with E-state index in [-0.39, 0.29) is 11.8 Å². The summed E-state index contributed by atoms with van der Waals surface area (Å²) in [6.45, 7) is 3.49. The van der Waals surface area contributed by atoms with Crippen molar-refractivity contribution in [2.24, 2.45) is 5.92 Å². The first-order valence-electron chi connectivity index (χ1n) is 9.66. The number of benzene rings is 1. The number of piperidine rings is 1. The molecular weight excluding hydrogens is 386 g/mol. The number of hydrogen-bond acceptors (Lipinski definition) is 5. The third-order valence-electron chi connectivity index (χ3n) is 5.26. The predicted octanol–water partition coefficient (Wildman–Crippen LogP) is 4.36. The lowest BCUT2D eigenvalue weighted by Crippen LogP contribution is -2.38. The van der Waals surface area contributed by atoms with Crippen LogP contribution in [0.2, 0.25) is 5.02 Å². The summed E-state index contributed by atoms with van der Waals surface area (Å²) < 4.78 is 0. The molecule has 0 atom stereocenters. The van der Waals surface area contributed by atoms with Gasteiger partial charge in [0.2, 0.25) is 5.91 Å². The van der Waals surface area contributed by atoms with E-state index in [4.69, 9.17) is 11.6 Å². The van der Waals surface area contributed by atoms with Crippen molar-refractivity contribution in [1.29, 1.82) is 0 Å². The van der Waals surface area contributed by atoms with Crippen LogP contribution in [0.3, 0.4) is 0 Å². The van der Waals surface area contributed by atoms with Crippen molar-refractivity contribution in [2.75, 3.05) is 23.3 Å². The molecule has 2 aromatic heterocycles. The van der Waals surface area contributed by atoms with Gasteiger partial charge in [0.05, 0.1) is 5.69 Å². The highest BCUT2D eigenvalue weighted by Gasteiger charge is 2.26. The maximum absolute atomic E-state index is 12.6. The van der Waals surface area contributed by atoms with Crippen molar-refractivity contribution in [3.05, 3.63) is 65.4 Å². The molecule has 1 aliphatic heterocycles. The molecule has 3 aromatic rings. The zero-order valence-electron chi connectivity index (χ0n) is 16.2. The van der Waals surface area contributed by atoms with Gasteiger partial charge >= 0.3 is 0 Å². The second-order valence-corrected chi connectivity index (χ2v) is 7.63. The van der Waals surface area contributed by atoms with Crippen molar-refractivity contribution in [3.8, 4) is 11.3 Å². The third-order valence-corrected chi connectivity index (χ3v) is 5.66. The molecule has 1 aromatic carbocycles. The molecule has 0 aliphatic carbocycles. The van der Waals surface area contributed by atoms with E-state index in [1.54, 1.807) is 18.5 Å². The van der Waals surface area contributed by atoms with Crippen LogP contribution in [-0.4, -0.2) is 34.2 Å². The molecule has 7 heteroatoms. The van der Waals surface area contributed by atoms with Crippen molar-refractivity contribution in [1.82, 2.24) is 15.2 Å². The molecule has 0 radical (unpaired) electrons. The van der Waals surface area contributed by atoms with Gasteiger partial charge in [-0.1, -0.05) is 17.7 Å². The average molecular weight is 408 g/mol. The first-order chi connectivity index (χ1) is 14.1. The largest absolute Gasteiger partial charge is 0.355 e. The Labute approximate surface area is 174 Å². The minimum atomic E-state index is -0.0182. The fourth-order valence-corrected chi connectivity index (χ4v) is 3.64. The zero-order chi connectivity index (χ0) is 20.2. The van der Waals surface area contributed by atoms with Crippen LogP contribution in [0.15, 0.2) is 54.9 Å². The molecule has 1 saturated heterocycles. The maximum atomic E-state index is 12.6. The van der Waals surface area contributed by atoms with E-state index in [0.717, 1.165) is 54.3 Å². The van der Waals surface area contributed by atoms with Gasteiger partial charge < -0.3 is 10.2 Å². The molecule has 29 heavy (non-hydrogen) atoms. The van der Waals surface area contributed by atoms with Crippen molar-refractivity contribution >= 4 is 29.0 Å². The minimum absolute atomic E-state index is 0.0182. The van der Waals surface area contributed by atoms with Gasteiger partial charge in [0.15, 0.2) is 5.82 Å². The number of amides is 1. The van der Waals surface area contributed by atoms with Gasteiger partial charge in [0.1, 0.15) is 0 Å². The number of carbonyl (C=O) groups is 1. The van der Waals surface area contributed by atoms with Gasteiger partial charge in [0.25, 0.3) is 0 Å². The Morgan fingerprint density at radius 3 is 2.48 bits per heavy atom. The van der Waals surface area contributed by atoms with Gasteiger partial charge in [-0.2, -0.15) is 0 Å². The topological polar surface area (TPSA) is 71.0 Å². The summed E-state index contributed by atoms with van der Waals surface area (Å²) >= 11 is 6.15. The van der Waals surface area contributed by atoms with Gasteiger partial charge in [-0.3, -0.25) is 9.78 Å². The van der Waals surface area contributed by atoms with Crippen molar-refractivity contribution in [2.45, 2.75) is 19.8 Å². The van der Waals surface area contributed by atoms with E-state index in [0.29, 0.717) is 5.02 Å². The summed E-state index contributed by atoms with van der Waals surface area (Å²) in [7, 11) is 0. The molecule has 148 valence electrons. The number of pyridine rings is 1. The van der Waals surface area contributed by atoms with Crippen LogP contribution in [0.4, 0.5) is 11.5 Å². The molecule has 1 N–H and O–H groups in total. The molecule has 0 unspecified atom stereocenters. The Morgan fingerprint density at radius 2 is 1.83 bits per heavy atom. The van der Waals surface area contributed by atoms with Gasteiger partial charge in [0, 0.05) is 47.7 Å². The SMILES string of the molecule is Cc1ccc(NC(=O)C2CCN(c3ccc(-c4ccncc4)nn3)CC2)cc1Cl. The second kappa shape index (κ2) is 8.57. The van der Waals surface area contributed by atoms with Crippen LogP contribution < -0.4 is 10.2 Å². The van der Waals surface area contributed by atoms with Crippen molar-refractivity contribution in [3.63, 3.8) is 0 Å². The highest BCUT2D eigenvalue weighted by atomic mass is 35.5. The minimum Gasteiger partial charge on any atom is -0.355 e. The van der Waals surface area contributed by atoms with Crippen LogP contribution >= 0.6 is 11.6 Å². The molecule has 0 bridgehead atoms. The number of nitrogens with zero attached hydrogens (tertiary/aromatic N) is 4. The number of aromatic nitrogens is 3. The summed E-state index contributed by atoms with van der Waals surface area (Å²) in [6.07, 6.45) is 5.04. The van der Waals surface area contributed by atoms with E-state index >= 15 is 0 Å². The van der Waals surface area contributed by atoms with E-state index in [2.05, 4.69) is 25.4 Å². The zero-order valence-corrected chi connectivity index (χ0v) is 16.9. The Kier molecular flexibility index (Phi) is 5.71. The van der Waals surface area contributed by atoms with E-state index in [9.17, 15) is 4.79 Å². The highest BCUT2D eigenvalue weighted by molar-refractivity contribution is 6.31. The smallest absolute Gasteiger partial charge is 0.227 e. The highest BCUT2D eigenvalue weighted by Crippen LogP contribution is 2.25. The lowest BCUT2D eigenvalue weighted by Gasteiger charge is -2.31. The molecular formula is C22H22ClN5O. The van der Waals surface area contributed by atoms with Gasteiger partial charge in [-0.25, -0.2) is 0 Å². The Morgan fingerprint density at radius 1 is 1.07 bits per heavy atom. The monoisotopic (exact) mass is 407 g/mol. The number of hydrogen-bond donors (Lipinski definition) is 1. The number of nitrogens with one attached hydrogen (secondary N) is 1. The van der Waals surface area contributed by atoms with Crippen LogP contribution in [-0.2, 0) is 4.79 Å². The number of aryl methyl sites for hydroxylation is 1. The van der Waals surface area contributed by atoms with Crippen LogP contribution in [0.5, 0.6) is 0 Å². The normalized spacial score (nSPS) is 14.6. The molecule has 6 nitrogen and oxygen atoms in total. The first-order valence-corrected chi connectivity index (χ1v) is 10.0. The number of carbonyl (C=O) groups excluding carboxylic acids is 1. The summed E-state index contributed by atoms with van der Waals surface area (Å²) in [5, 5.41) is 12.4. The number of rotatable bonds is 4. The lowest BCUT2D eigenvalue weighted by atomic mass is 9.95. The van der Waals surface area contributed by atoms with Gasteiger partial charge in [-0.15, -0.1) is 10.2 Å². The van der Waals surface area contributed by atoms with E-state index in [1.165, 1.54) is 0 Å². The third kappa shape index (κ3) is 4.54. The van der Waals surface area contributed by atoms with Gasteiger partial charge in [-0.05, 0) is 61.7 Å². The first kappa shape index (κ1) is 19.3. The Bertz CT molecular complexity index is 986. The maximum Gasteiger partial charge on any atom is 0.227 e. The van der Waals surface area contributed by atoms with E-state index < -0.39 is 0 Å². The number of halogens is 1. The molecule has 0 saturated carbocycles. The molecule has 1 amide bonds. The molecule has 1 fully saturated rings. The summed E-state index contributed by atoms with van der Waals surface area (Å²) in [4.78, 5) is 18.8. The predicted molar refractivity (Wildman–Crippen MR) is 115 cm³/mol.